The van der Waals surface area contributed by atoms with Crippen LogP contribution in [-0.2, 0) is 0 Å². The van der Waals surface area contributed by atoms with Gasteiger partial charge in [-0.05, 0) is 70.4 Å². The van der Waals surface area contributed by atoms with E-state index in [2.05, 4.69) is 37.9 Å². The van der Waals surface area contributed by atoms with Crippen molar-refractivity contribution in [2.45, 2.75) is 65.5 Å². The topological polar surface area (TPSA) is 15.3 Å². The zero-order valence-electron chi connectivity index (χ0n) is 12.8. The molecule has 1 aliphatic carbocycles. The highest BCUT2D eigenvalue weighted by Crippen LogP contribution is 2.28. The maximum Gasteiger partial charge on any atom is 0.00722 e. The molecule has 2 aliphatic rings. The van der Waals surface area contributed by atoms with Gasteiger partial charge in [-0.25, -0.2) is 0 Å². The van der Waals surface area contributed by atoms with Crippen LogP contribution in [0.15, 0.2) is 0 Å². The second-order valence-electron chi connectivity index (χ2n) is 7.27. The van der Waals surface area contributed by atoms with Crippen molar-refractivity contribution in [1.29, 1.82) is 0 Å². The molecular weight excluding hydrogens is 220 g/mol. The number of nitrogens with zero attached hydrogens (tertiary/aromatic N) is 1. The molecule has 3 unspecified atom stereocenters. The largest absolute Gasteiger partial charge is 0.314 e. The van der Waals surface area contributed by atoms with Crippen molar-refractivity contribution in [1.82, 2.24) is 10.2 Å². The van der Waals surface area contributed by atoms with Gasteiger partial charge in [0, 0.05) is 18.6 Å². The normalized spacial score (nSPS) is 38.5. The quantitative estimate of drug-likeness (QED) is 0.827. The van der Waals surface area contributed by atoms with Crippen molar-refractivity contribution in [2.75, 3.05) is 19.6 Å². The molecule has 0 amide bonds. The molecule has 0 aromatic rings. The molecule has 0 spiro atoms. The third-order valence-corrected chi connectivity index (χ3v) is 4.92. The van der Waals surface area contributed by atoms with Gasteiger partial charge in [0.25, 0.3) is 0 Å². The second kappa shape index (κ2) is 6.38. The van der Waals surface area contributed by atoms with E-state index in [4.69, 9.17) is 0 Å². The Morgan fingerprint density at radius 3 is 2.33 bits per heavy atom. The Balaban J connectivity index is 1.69. The minimum Gasteiger partial charge on any atom is -0.314 e. The van der Waals surface area contributed by atoms with Crippen LogP contribution in [0.4, 0.5) is 0 Å². The van der Waals surface area contributed by atoms with Crippen molar-refractivity contribution in [3.05, 3.63) is 0 Å². The Hall–Kier alpha value is -0.0800. The number of nitrogens with one attached hydrogen (secondary N) is 1. The molecule has 1 aliphatic heterocycles. The van der Waals surface area contributed by atoms with Gasteiger partial charge in [-0.15, -0.1) is 0 Å². The van der Waals surface area contributed by atoms with Crippen LogP contribution in [0.5, 0.6) is 0 Å². The second-order valence-corrected chi connectivity index (χ2v) is 7.27. The molecule has 0 aromatic carbocycles. The first-order valence-corrected chi connectivity index (χ1v) is 8.02. The monoisotopic (exact) mass is 252 g/mol. The van der Waals surface area contributed by atoms with Crippen LogP contribution in [0.25, 0.3) is 0 Å². The molecule has 1 heterocycles. The molecule has 18 heavy (non-hydrogen) atoms. The summed E-state index contributed by atoms with van der Waals surface area (Å²) < 4.78 is 0. The third kappa shape index (κ3) is 3.96. The summed E-state index contributed by atoms with van der Waals surface area (Å²) in [5.74, 6) is 2.73. The first-order chi connectivity index (χ1) is 8.54. The molecular formula is C16H32N2. The number of rotatable bonds is 4. The lowest BCUT2D eigenvalue weighted by molar-refractivity contribution is 0.227. The molecule has 2 rings (SSSR count). The van der Waals surface area contributed by atoms with Crippen molar-refractivity contribution in [3.63, 3.8) is 0 Å². The van der Waals surface area contributed by atoms with E-state index in [1.165, 1.54) is 45.3 Å². The third-order valence-electron chi connectivity index (χ3n) is 4.92. The van der Waals surface area contributed by atoms with E-state index in [9.17, 15) is 0 Å². The first kappa shape index (κ1) is 14.3. The number of hydrogen-bond acceptors (Lipinski definition) is 2. The van der Waals surface area contributed by atoms with E-state index in [1.807, 2.05) is 0 Å². The highest BCUT2D eigenvalue weighted by Gasteiger charge is 2.27. The molecule has 3 atom stereocenters. The summed E-state index contributed by atoms with van der Waals surface area (Å²) in [5, 5.41) is 3.86. The number of likely N-dealkylation sites (tertiary alicyclic amines) is 1. The number of hydrogen-bond donors (Lipinski definition) is 1. The van der Waals surface area contributed by atoms with E-state index < -0.39 is 0 Å². The fraction of sp³-hybridized carbons (Fsp3) is 1.00. The standard InChI is InChI=1S/C16H32N2/c1-12(2)18-6-5-15(11-18)10-17-16-8-13(3)7-14(4)9-16/h12-17H,5-11H2,1-4H3. The van der Waals surface area contributed by atoms with Crippen LogP contribution >= 0.6 is 0 Å². The maximum atomic E-state index is 3.86. The predicted molar refractivity (Wildman–Crippen MR) is 78.8 cm³/mol. The van der Waals surface area contributed by atoms with Crippen molar-refractivity contribution < 1.29 is 0 Å². The smallest absolute Gasteiger partial charge is 0.00722 e. The minimum absolute atomic E-state index is 0.727. The summed E-state index contributed by atoms with van der Waals surface area (Å²) in [5.41, 5.74) is 0. The van der Waals surface area contributed by atoms with Crippen LogP contribution in [0.1, 0.15) is 53.4 Å². The molecule has 2 nitrogen and oxygen atoms in total. The molecule has 1 saturated carbocycles. The van der Waals surface area contributed by atoms with E-state index in [-0.39, 0.29) is 0 Å². The molecule has 0 bridgehead atoms. The van der Waals surface area contributed by atoms with Crippen molar-refractivity contribution in [3.8, 4) is 0 Å². The highest BCUT2D eigenvalue weighted by atomic mass is 15.2. The highest BCUT2D eigenvalue weighted by molar-refractivity contribution is 4.83. The summed E-state index contributed by atoms with van der Waals surface area (Å²) in [6.07, 6.45) is 5.61. The molecule has 2 fully saturated rings. The summed E-state index contributed by atoms with van der Waals surface area (Å²) in [6.45, 7) is 13.3. The van der Waals surface area contributed by atoms with Gasteiger partial charge in [-0.2, -0.15) is 0 Å². The Kier molecular flexibility index (Phi) is 5.08. The van der Waals surface area contributed by atoms with Gasteiger partial charge in [0.1, 0.15) is 0 Å². The lowest BCUT2D eigenvalue weighted by Crippen LogP contribution is -2.39. The van der Waals surface area contributed by atoms with E-state index in [1.54, 1.807) is 0 Å². The molecule has 0 aromatic heterocycles. The van der Waals surface area contributed by atoms with Crippen LogP contribution < -0.4 is 5.32 Å². The molecule has 2 heteroatoms. The van der Waals surface area contributed by atoms with Crippen molar-refractivity contribution >= 4 is 0 Å². The van der Waals surface area contributed by atoms with E-state index in [0.717, 1.165) is 29.8 Å². The maximum absolute atomic E-state index is 3.86. The molecule has 1 N–H and O–H groups in total. The first-order valence-electron chi connectivity index (χ1n) is 8.02. The van der Waals surface area contributed by atoms with Gasteiger partial charge < -0.3 is 10.2 Å². The van der Waals surface area contributed by atoms with Gasteiger partial charge in [0.05, 0.1) is 0 Å². The summed E-state index contributed by atoms with van der Waals surface area (Å²) >= 11 is 0. The van der Waals surface area contributed by atoms with Gasteiger partial charge in [0.2, 0.25) is 0 Å². The zero-order chi connectivity index (χ0) is 13.1. The molecule has 0 radical (unpaired) electrons. The van der Waals surface area contributed by atoms with Gasteiger partial charge in [-0.3, -0.25) is 0 Å². The van der Waals surface area contributed by atoms with Gasteiger partial charge in [0.15, 0.2) is 0 Å². The van der Waals surface area contributed by atoms with Gasteiger partial charge in [-0.1, -0.05) is 13.8 Å². The zero-order valence-corrected chi connectivity index (χ0v) is 12.8. The Morgan fingerprint density at radius 2 is 1.78 bits per heavy atom. The van der Waals surface area contributed by atoms with Gasteiger partial charge >= 0.3 is 0 Å². The summed E-state index contributed by atoms with van der Waals surface area (Å²) in [6, 6.07) is 1.52. The Morgan fingerprint density at radius 1 is 1.11 bits per heavy atom. The molecule has 106 valence electrons. The van der Waals surface area contributed by atoms with Crippen molar-refractivity contribution in [2.24, 2.45) is 17.8 Å². The lowest BCUT2D eigenvalue weighted by atomic mass is 9.80. The average molecular weight is 252 g/mol. The fourth-order valence-electron chi connectivity index (χ4n) is 3.95. The van der Waals surface area contributed by atoms with E-state index >= 15 is 0 Å². The van der Waals surface area contributed by atoms with E-state index in [0.29, 0.717) is 0 Å². The predicted octanol–water partition coefficient (Wildman–Crippen LogP) is 3.13. The van der Waals surface area contributed by atoms with Crippen LogP contribution in [0.3, 0.4) is 0 Å². The minimum atomic E-state index is 0.727. The lowest BCUT2D eigenvalue weighted by Gasteiger charge is -2.32. The van der Waals surface area contributed by atoms with Crippen LogP contribution in [-0.4, -0.2) is 36.6 Å². The SMILES string of the molecule is CC1CC(C)CC(NCC2CCN(C(C)C)C2)C1. The Labute approximate surface area is 114 Å². The van der Waals surface area contributed by atoms with Crippen LogP contribution in [0, 0.1) is 17.8 Å². The Bertz CT molecular complexity index is 241. The average Bonchev–Trinajstić information content (AvgIpc) is 2.73. The molecule has 1 saturated heterocycles. The summed E-state index contributed by atoms with van der Waals surface area (Å²) in [4.78, 5) is 2.62. The fourth-order valence-corrected chi connectivity index (χ4v) is 3.95. The summed E-state index contributed by atoms with van der Waals surface area (Å²) in [7, 11) is 0. The van der Waals surface area contributed by atoms with Crippen LogP contribution in [0.2, 0.25) is 0 Å².